The van der Waals surface area contributed by atoms with Crippen molar-refractivity contribution in [3.8, 4) is 0 Å². The molecule has 6 heteroatoms. The molecule has 5 nitrogen and oxygen atoms in total. The molecule has 0 bridgehead atoms. The van der Waals surface area contributed by atoms with E-state index in [-0.39, 0.29) is 23.1 Å². The maximum atomic E-state index is 13.1. The SMILES string of the molecule is O=C(CC1CCNC1)Nc1cc(F)ccc1C(=O)O. The highest BCUT2D eigenvalue weighted by atomic mass is 19.1. The molecule has 1 atom stereocenters. The van der Waals surface area contributed by atoms with E-state index in [1.165, 1.54) is 0 Å². The van der Waals surface area contributed by atoms with E-state index in [0.29, 0.717) is 6.42 Å². The molecule has 0 aromatic heterocycles. The van der Waals surface area contributed by atoms with Crippen LogP contribution in [-0.4, -0.2) is 30.1 Å². The molecule has 1 heterocycles. The van der Waals surface area contributed by atoms with Crippen LogP contribution in [0, 0.1) is 11.7 Å². The summed E-state index contributed by atoms with van der Waals surface area (Å²) < 4.78 is 13.1. The molecule has 1 aliphatic heterocycles. The van der Waals surface area contributed by atoms with E-state index in [1.54, 1.807) is 0 Å². The number of benzene rings is 1. The molecule has 2 rings (SSSR count). The molecular formula is C13H15FN2O3. The number of carboxylic acid groups (broad SMARTS) is 1. The molecule has 19 heavy (non-hydrogen) atoms. The summed E-state index contributed by atoms with van der Waals surface area (Å²) in [6.07, 6.45) is 1.23. The minimum atomic E-state index is -1.20. The lowest BCUT2D eigenvalue weighted by atomic mass is 10.0. The lowest BCUT2D eigenvalue weighted by Gasteiger charge is -2.11. The van der Waals surface area contributed by atoms with Gasteiger partial charge >= 0.3 is 5.97 Å². The smallest absolute Gasteiger partial charge is 0.337 e. The number of nitrogens with one attached hydrogen (secondary N) is 2. The number of rotatable bonds is 4. The topological polar surface area (TPSA) is 78.4 Å². The Morgan fingerprint density at radius 1 is 1.47 bits per heavy atom. The number of aromatic carboxylic acids is 1. The minimum absolute atomic E-state index is 0.00320. The highest BCUT2D eigenvalue weighted by Crippen LogP contribution is 2.19. The Bertz CT molecular complexity index is 499. The number of amides is 1. The second kappa shape index (κ2) is 5.79. The zero-order chi connectivity index (χ0) is 13.8. The number of halogens is 1. The van der Waals surface area contributed by atoms with E-state index in [4.69, 9.17) is 5.11 Å². The molecule has 0 radical (unpaired) electrons. The minimum Gasteiger partial charge on any atom is -0.478 e. The van der Waals surface area contributed by atoms with Crippen LogP contribution in [0.4, 0.5) is 10.1 Å². The normalized spacial score (nSPS) is 18.3. The molecule has 1 fully saturated rings. The van der Waals surface area contributed by atoms with E-state index in [0.717, 1.165) is 37.7 Å². The van der Waals surface area contributed by atoms with E-state index < -0.39 is 11.8 Å². The zero-order valence-corrected chi connectivity index (χ0v) is 10.3. The van der Waals surface area contributed by atoms with Crippen LogP contribution in [0.25, 0.3) is 0 Å². The predicted octanol–water partition coefficient (Wildman–Crippen LogP) is 1.46. The van der Waals surface area contributed by atoms with Crippen LogP contribution in [0.1, 0.15) is 23.2 Å². The third-order valence-corrected chi connectivity index (χ3v) is 3.12. The molecule has 1 aliphatic rings. The summed E-state index contributed by atoms with van der Waals surface area (Å²) in [4.78, 5) is 22.8. The Labute approximate surface area is 109 Å². The molecule has 102 valence electrons. The third-order valence-electron chi connectivity index (χ3n) is 3.12. The molecule has 1 aromatic carbocycles. The van der Waals surface area contributed by atoms with Gasteiger partial charge in [0.05, 0.1) is 11.3 Å². The number of anilines is 1. The first-order chi connectivity index (χ1) is 9.06. The molecular weight excluding hydrogens is 251 g/mol. The average molecular weight is 266 g/mol. The van der Waals surface area contributed by atoms with Crippen molar-refractivity contribution in [2.45, 2.75) is 12.8 Å². The largest absolute Gasteiger partial charge is 0.478 e. The molecule has 1 saturated heterocycles. The first kappa shape index (κ1) is 13.5. The number of carbonyl (C=O) groups excluding carboxylic acids is 1. The van der Waals surface area contributed by atoms with Crippen LogP contribution < -0.4 is 10.6 Å². The van der Waals surface area contributed by atoms with E-state index in [9.17, 15) is 14.0 Å². The van der Waals surface area contributed by atoms with Gasteiger partial charge in [0.1, 0.15) is 5.82 Å². The molecule has 0 aliphatic carbocycles. The van der Waals surface area contributed by atoms with Crippen molar-refractivity contribution in [3.05, 3.63) is 29.6 Å². The van der Waals surface area contributed by atoms with Gasteiger partial charge in [0.2, 0.25) is 5.91 Å². The molecule has 0 saturated carbocycles. The molecule has 1 amide bonds. The third kappa shape index (κ3) is 3.51. The summed E-state index contributed by atoms with van der Waals surface area (Å²) in [6.45, 7) is 1.67. The fourth-order valence-electron chi connectivity index (χ4n) is 2.16. The Morgan fingerprint density at radius 2 is 2.26 bits per heavy atom. The Hall–Kier alpha value is -1.95. The van der Waals surface area contributed by atoms with Crippen LogP contribution in [0.15, 0.2) is 18.2 Å². The van der Waals surface area contributed by atoms with E-state index >= 15 is 0 Å². The van der Waals surface area contributed by atoms with Gasteiger partial charge in [0.15, 0.2) is 0 Å². The van der Waals surface area contributed by atoms with Gasteiger partial charge in [-0.05, 0) is 43.6 Å². The summed E-state index contributed by atoms with van der Waals surface area (Å²) in [5.41, 5.74) is -0.109. The van der Waals surface area contributed by atoms with Crippen LogP contribution >= 0.6 is 0 Å². The lowest BCUT2D eigenvalue weighted by molar-refractivity contribution is -0.116. The quantitative estimate of drug-likeness (QED) is 0.771. The van der Waals surface area contributed by atoms with Crippen molar-refractivity contribution in [1.29, 1.82) is 0 Å². The summed E-state index contributed by atoms with van der Waals surface area (Å²) >= 11 is 0. The summed E-state index contributed by atoms with van der Waals surface area (Å²) in [7, 11) is 0. The van der Waals surface area contributed by atoms with Gasteiger partial charge in [-0.2, -0.15) is 0 Å². The Kier molecular flexibility index (Phi) is 4.11. The van der Waals surface area contributed by atoms with Crippen molar-refractivity contribution < 1.29 is 19.1 Å². The van der Waals surface area contributed by atoms with Crippen LogP contribution in [0.3, 0.4) is 0 Å². The highest BCUT2D eigenvalue weighted by molar-refractivity contribution is 6.00. The first-order valence-corrected chi connectivity index (χ1v) is 6.09. The van der Waals surface area contributed by atoms with Crippen molar-refractivity contribution >= 4 is 17.6 Å². The predicted molar refractivity (Wildman–Crippen MR) is 67.6 cm³/mol. The molecule has 1 aromatic rings. The Morgan fingerprint density at radius 3 is 2.89 bits per heavy atom. The zero-order valence-electron chi connectivity index (χ0n) is 10.3. The summed E-state index contributed by atoms with van der Waals surface area (Å²) in [5.74, 6) is -1.82. The monoisotopic (exact) mass is 266 g/mol. The van der Waals surface area contributed by atoms with Gasteiger partial charge in [-0.15, -0.1) is 0 Å². The lowest BCUT2D eigenvalue weighted by Crippen LogP contribution is -2.19. The van der Waals surface area contributed by atoms with Crippen molar-refractivity contribution in [2.75, 3.05) is 18.4 Å². The van der Waals surface area contributed by atoms with E-state index in [1.807, 2.05) is 0 Å². The second-order valence-electron chi connectivity index (χ2n) is 4.61. The van der Waals surface area contributed by atoms with Gasteiger partial charge in [-0.1, -0.05) is 0 Å². The van der Waals surface area contributed by atoms with Crippen molar-refractivity contribution in [1.82, 2.24) is 5.32 Å². The summed E-state index contributed by atoms with van der Waals surface area (Å²) in [6, 6.07) is 3.22. The van der Waals surface area contributed by atoms with Crippen molar-refractivity contribution in [2.24, 2.45) is 5.92 Å². The van der Waals surface area contributed by atoms with Gasteiger partial charge in [0.25, 0.3) is 0 Å². The fourth-order valence-corrected chi connectivity index (χ4v) is 2.16. The fraction of sp³-hybridized carbons (Fsp3) is 0.385. The van der Waals surface area contributed by atoms with Crippen LogP contribution in [0.2, 0.25) is 0 Å². The first-order valence-electron chi connectivity index (χ1n) is 6.09. The summed E-state index contributed by atoms with van der Waals surface area (Å²) in [5, 5.41) is 14.6. The number of carboxylic acids is 1. The van der Waals surface area contributed by atoms with Gasteiger partial charge < -0.3 is 15.7 Å². The Balaban J connectivity index is 2.06. The molecule has 3 N–H and O–H groups in total. The van der Waals surface area contributed by atoms with Gasteiger partial charge in [0, 0.05) is 6.42 Å². The van der Waals surface area contributed by atoms with Gasteiger partial charge in [-0.3, -0.25) is 4.79 Å². The molecule has 0 spiro atoms. The highest BCUT2D eigenvalue weighted by Gasteiger charge is 2.19. The van der Waals surface area contributed by atoms with Gasteiger partial charge in [-0.25, -0.2) is 9.18 Å². The standard InChI is InChI=1S/C13H15FN2O3/c14-9-1-2-10(13(18)19)11(6-9)16-12(17)5-8-3-4-15-7-8/h1-2,6,8,15H,3-5,7H2,(H,16,17)(H,18,19). The number of carbonyl (C=O) groups is 2. The maximum Gasteiger partial charge on any atom is 0.337 e. The van der Waals surface area contributed by atoms with Crippen LogP contribution in [0.5, 0.6) is 0 Å². The number of hydrogen-bond acceptors (Lipinski definition) is 3. The second-order valence-corrected chi connectivity index (χ2v) is 4.61. The maximum absolute atomic E-state index is 13.1. The van der Waals surface area contributed by atoms with Crippen LogP contribution in [-0.2, 0) is 4.79 Å². The van der Waals surface area contributed by atoms with E-state index in [2.05, 4.69) is 10.6 Å². The molecule has 1 unspecified atom stereocenters. The average Bonchev–Trinajstić information content (AvgIpc) is 2.81. The number of hydrogen-bond donors (Lipinski definition) is 3. The van der Waals surface area contributed by atoms with Crippen molar-refractivity contribution in [3.63, 3.8) is 0 Å².